The molecule has 0 aromatic heterocycles. The highest BCUT2D eigenvalue weighted by molar-refractivity contribution is 6.23. The van der Waals surface area contributed by atoms with Crippen molar-refractivity contribution in [3.63, 3.8) is 0 Å². The van der Waals surface area contributed by atoms with E-state index < -0.39 is 292 Å². The SMILES string of the molecule is [2H]C1=C([2H])C2Oc3c(c([2H])c4c([2H])c([2H])c([2H])c([2H])c4c3[2H])C2C(c2c3c([2H])c([2H])c([2H])c([2H])c3c(-c3c([2H])c([2H])c(-c4c([2H])c([2H])c([2H])c5c([2H])c([2H])c([2H])c([2H])c45)c4c([2H])c([2H])c([2H])c([2H])c34)c3c([2H])c([2H])c([2H])c([2H])c23)=C1[2H]. The van der Waals surface area contributed by atoms with Gasteiger partial charge in [-0.05, 0) is 105 Å². The minimum atomic E-state index is -1.83. The summed E-state index contributed by atoms with van der Waals surface area (Å²) >= 11 is 0. The third-order valence-corrected chi connectivity index (χ3v) is 8.97. The summed E-state index contributed by atoms with van der Waals surface area (Å²) in [5.41, 5.74) is -4.93. The van der Waals surface area contributed by atoms with Crippen molar-refractivity contribution in [1.29, 1.82) is 0 Å². The van der Waals surface area contributed by atoms with Crippen molar-refractivity contribution in [2.45, 2.75) is 12.0 Å². The number of hydrogen-bond acceptors (Lipinski definition) is 1. The first kappa shape index (κ1) is 11.8. The molecule has 0 bridgehead atoms. The summed E-state index contributed by atoms with van der Waals surface area (Å²) in [5, 5.41) is -7.00. The van der Waals surface area contributed by atoms with Crippen LogP contribution < -0.4 is 4.74 Å². The zero-order valence-electron chi connectivity index (χ0n) is 55.6. The van der Waals surface area contributed by atoms with E-state index in [9.17, 15) is 16.4 Å². The third kappa shape index (κ3) is 4.22. The predicted octanol–water partition coefficient (Wildman–Crippen LogP) is 13.3. The topological polar surface area (TPSA) is 9.23 Å². The van der Waals surface area contributed by atoms with E-state index >= 15 is 0 Å². The molecule has 2 unspecified atom stereocenters. The van der Waals surface area contributed by atoms with Crippen LogP contribution in [0.5, 0.6) is 5.75 Å². The van der Waals surface area contributed by atoms with Gasteiger partial charge in [-0.15, -0.1) is 0 Å². The molecule has 0 saturated carbocycles. The molecule has 2 atom stereocenters. The molecule has 2 aliphatic rings. The molecule has 1 aliphatic carbocycles. The summed E-state index contributed by atoms with van der Waals surface area (Å²) in [7, 11) is 0. The van der Waals surface area contributed by atoms with E-state index in [1.165, 1.54) is 0 Å². The van der Waals surface area contributed by atoms with Gasteiger partial charge >= 0.3 is 0 Å². The zero-order valence-corrected chi connectivity index (χ0v) is 25.6. The van der Waals surface area contributed by atoms with Crippen LogP contribution in [0.15, 0.2) is 181 Å². The summed E-state index contributed by atoms with van der Waals surface area (Å²) in [6.45, 7) is 0. The maximum atomic E-state index is 9.99. The van der Waals surface area contributed by atoms with Crippen LogP contribution in [0.3, 0.4) is 0 Å². The van der Waals surface area contributed by atoms with Crippen LogP contribution >= 0.6 is 0 Å². The first-order valence-electron chi connectivity index (χ1n) is 30.4. The molecule has 0 N–H and O–H groups in total. The molecule has 0 fully saturated rings. The molecule has 51 heavy (non-hydrogen) atoms. The van der Waals surface area contributed by atoms with Gasteiger partial charge in [0.15, 0.2) is 0 Å². The maximum Gasteiger partial charge on any atom is 0.128 e. The maximum absolute atomic E-state index is 9.99. The highest BCUT2D eigenvalue weighted by Crippen LogP contribution is 2.53. The molecule has 9 aromatic rings. The summed E-state index contributed by atoms with van der Waals surface area (Å²) in [5.74, 6) is -2.38. The Kier molecular flexibility index (Phi) is 2.56. The average molecular weight is 679 g/mol. The van der Waals surface area contributed by atoms with Crippen LogP contribution in [0, 0.1) is 0 Å². The van der Waals surface area contributed by atoms with Gasteiger partial charge in [-0.3, -0.25) is 0 Å². The molecule has 9 aromatic carbocycles. The number of fused-ring (bicyclic) bond motifs is 8. The Balaban J connectivity index is 1.42. The molecule has 0 spiro atoms. The van der Waals surface area contributed by atoms with Crippen molar-refractivity contribution >= 4 is 59.4 Å². The van der Waals surface area contributed by atoms with Crippen LogP contribution in [-0.4, -0.2) is 6.10 Å². The Labute approximate surface area is 338 Å². The van der Waals surface area contributed by atoms with E-state index in [2.05, 4.69) is 0 Å². The molecule has 0 amide bonds. The van der Waals surface area contributed by atoms with Crippen molar-refractivity contribution in [2.75, 3.05) is 0 Å². The lowest BCUT2D eigenvalue weighted by molar-refractivity contribution is 0.272. The van der Waals surface area contributed by atoms with Crippen molar-refractivity contribution < 1.29 is 45.9 Å². The lowest BCUT2D eigenvalue weighted by Gasteiger charge is -2.26. The number of benzene rings is 9. The van der Waals surface area contributed by atoms with E-state index in [0.29, 0.717) is 0 Å². The quantitative estimate of drug-likeness (QED) is 0.169. The average Bonchev–Trinajstić information content (AvgIpc) is 3.08. The van der Waals surface area contributed by atoms with Gasteiger partial charge < -0.3 is 4.74 Å². The molecule has 1 aliphatic heterocycles. The fourth-order valence-corrected chi connectivity index (χ4v) is 6.87. The molecule has 0 saturated heterocycles. The molecule has 11 rings (SSSR count). The monoisotopic (exact) mass is 678 g/mol. The van der Waals surface area contributed by atoms with Gasteiger partial charge in [-0.25, -0.2) is 0 Å². The van der Waals surface area contributed by atoms with E-state index in [1.807, 2.05) is 0 Å². The highest BCUT2D eigenvalue weighted by Gasteiger charge is 2.38. The zero-order chi connectivity index (χ0) is 59.6. The van der Waals surface area contributed by atoms with Crippen LogP contribution in [0.2, 0.25) is 0 Å². The van der Waals surface area contributed by atoms with E-state index in [1.54, 1.807) is 0 Å². The van der Waals surface area contributed by atoms with Crippen molar-refractivity contribution in [1.82, 2.24) is 0 Å². The van der Waals surface area contributed by atoms with E-state index in [-0.39, 0.29) is 0 Å². The summed E-state index contributed by atoms with van der Waals surface area (Å²) < 4.78 is 281. The molecule has 1 nitrogen and oxygen atoms in total. The summed E-state index contributed by atoms with van der Waals surface area (Å²) in [6, 6.07) is -28.3. The van der Waals surface area contributed by atoms with Crippen LogP contribution in [0.4, 0.5) is 0 Å². The van der Waals surface area contributed by atoms with Crippen molar-refractivity contribution in [2.24, 2.45) is 0 Å². The second kappa shape index (κ2) is 11.0. The smallest absolute Gasteiger partial charge is 0.128 e. The van der Waals surface area contributed by atoms with Crippen LogP contribution in [-0.2, 0) is 0 Å². The van der Waals surface area contributed by atoms with E-state index in [0.717, 1.165) is 0 Å². The Morgan fingerprint density at radius 1 is 0.431 bits per heavy atom. The molecule has 0 radical (unpaired) electrons. The van der Waals surface area contributed by atoms with Gasteiger partial charge in [0, 0.05) is 5.56 Å². The predicted molar refractivity (Wildman–Crippen MR) is 216 cm³/mol. The molecular weight excluding hydrogens is 617 g/mol. The minimum absolute atomic E-state index is 0.420. The molecule has 1 heterocycles. The van der Waals surface area contributed by atoms with Crippen LogP contribution in [0.25, 0.3) is 81.7 Å². The fourth-order valence-electron chi connectivity index (χ4n) is 6.87. The second-order valence-corrected chi connectivity index (χ2v) is 11.6. The van der Waals surface area contributed by atoms with Gasteiger partial charge in [-0.2, -0.15) is 0 Å². The largest absolute Gasteiger partial charge is 0.485 e. The van der Waals surface area contributed by atoms with Crippen molar-refractivity contribution in [3.8, 4) is 28.0 Å². The van der Waals surface area contributed by atoms with Gasteiger partial charge in [0.05, 0.1) is 47.0 Å². The molecule has 238 valence electrons. The standard InChI is InChI=1S/C50H32O/c1-2-15-33-30-47-45(29-32(33)14-1)50-44(25-12-26-46(50)51-47)49-41-22-9-7-20-39(41)48(40-21-8-10-23-42(40)49)43-28-27-38(36-18-5-6-19-37(36)43)35-24-11-16-31-13-3-4-17-34(31)35/h1-30,46,50H/i1D,2D,3D,4D,5D,6D,7D,8D,9D,10D,11D,12D,13D,14D,15D,16D,17D,18D,19D,20D,21D,22D,23D,24D,25D,26D,27D,28D,29D,30D. The summed E-state index contributed by atoms with van der Waals surface area (Å²) in [6.07, 6.45) is -1.83. The normalized spacial score (nSPS) is 25.3. The van der Waals surface area contributed by atoms with Gasteiger partial charge in [0.2, 0.25) is 0 Å². The first-order valence-corrected chi connectivity index (χ1v) is 15.4. The first-order chi connectivity index (χ1) is 37.8. The summed E-state index contributed by atoms with van der Waals surface area (Å²) in [4.78, 5) is 0. The van der Waals surface area contributed by atoms with Gasteiger partial charge in [-0.1, -0.05) is 163 Å². The Bertz CT molecular complexity index is 4590. The Hall–Kier alpha value is -6.44. The number of rotatable bonds is 3. The van der Waals surface area contributed by atoms with Gasteiger partial charge in [0.1, 0.15) is 11.9 Å². The second-order valence-electron chi connectivity index (χ2n) is 11.6. The Morgan fingerprint density at radius 3 is 1.65 bits per heavy atom. The fraction of sp³-hybridized carbons (Fsp3) is 0.0400. The Morgan fingerprint density at radius 2 is 0.941 bits per heavy atom. The number of allylic oxidation sites excluding steroid dienone is 2. The number of hydrogen-bond donors (Lipinski definition) is 0. The van der Waals surface area contributed by atoms with E-state index in [4.69, 9.17) is 29.4 Å². The molecule has 1 heteroatoms. The molecular formula is C50H32O. The van der Waals surface area contributed by atoms with Crippen molar-refractivity contribution in [3.05, 3.63) is 192 Å². The number of ether oxygens (including phenoxy) is 1. The third-order valence-electron chi connectivity index (χ3n) is 8.97. The van der Waals surface area contributed by atoms with Gasteiger partial charge in [0.25, 0.3) is 0 Å². The van der Waals surface area contributed by atoms with Crippen LogP contribution in [0.1, 0.15) is 58.2 Å². The highest BCUT2D eigenvalue weighted by atomic mass is 16.5. The lowest BCUT2D eigenvalue weighted by atomic mass is 9.76. The minimum Gasteiger partial charge on any atom is -0.485 e. The lowest BCUT2D eigenvalue weighted by Crippen LogP contribution is -2.19.